The van der Waals surface area contributed by atoms with Crippen LogP contribution in [0.3, 0.4) is 0 Å². The van der Waals surface area contributed by atoms with E-state index in [0.29, 0.717) is 30.4 Å². The molecule has 1 aromatic carbocycles. The topological polar surface area (TPSA) is 101 Å². The Morgan fingerprint density at radius 3 is 2.85 bits per heavy atom. The zero-order chi connectivity index (χ0) is 19.4. The Labute approximate surface area is 158 Å². The quantitative estimate of drug-likeness (QED) is 0.802. The van der Waals surface area contributed by atoms with Crippen molar-refractivity contribution in [2.45, 2.75) is 19.4 Å². The van der Waals surface area contributed by atoms with E-state index in [-0.39, 0.29) is 29.1 Å². The maximum absolute atomic E-state index is 12.5. The average molecular weight is 390 g/mol. The summed E-state index contributed by atoms with van der Waals surface area (Å²) < 4.78 is 28.7. The lowest BCUT2D eigenvalue weighted by atomic mass is 10.2. The maximum Gasteiger partial charge on any atom is 0.274 e. The first kappa shape index (κ1) is 19.1. The minimum Gasteiger partial charge on any atom is -0.497 e. The Hall–Kier alpha value is -2.68. The maximum atomic E-state index is 12.5. The highest BCUT2D eigenvalue weighted by Gasteiger charge is 2.33. The van der Waals surface area contributed by atoms with Crippen LogP contribution in [0.25, 0.3) is 0 Å². The van der Waals surface area contributed by atoms with Crippen molar-refractivity contribution in [1.29, 1.82) is 0 Å². The number of amides is 1. The second-order valence-corrected chi connectivity index (χ2v) is 8.50. The van der Waals surface area contributed by atoms with Crippen LogP contribution in [0.15, 0.2) is 36.5 Å². The lowest BCUT2D eigenvalue weighted by Crippen LogP contribution is -2.37. The summed E-state index contributed by atoms with van der Waals surface area (Å²) in [6.45, 7) is 2.47. The van der Waals surface area contributed by atoms with E-state index >= 15 is 0 Å². The van der Waals surface area contributed by atoms with Gasteiger partial charge in [0.05, 0.1) is 18.6 Å². The number of hydrogen-bond donors (Lipinski definition) is 1. The van der Waals surface area contributed by atoms with Crippen molar-refractivity contribution in [1.82, 2.24) is 9.97 Å². The zero-order valence-electron chi connectivity index (χ0n) is 15.3. The summed E-state index contributed by atoms with van der Waals surface area (Å²) in [7, 11) is -1.46. The van der Waals surface area contributed by atoms with Gasteiger partial charge in [0.2, 0.25) is 5.95 Å². The van der Waals surface area contributed by atoms with Crippen molar-refractivity contribution in [2.75, 3.05) is 35.4 Å². The van der Waals surface area contributed by atoms with Crippen molar-refractivity contribution in [3.63, 3.8) is 0 Å². The number of nitrogens with zero attached hydrogens (tertiary/aromatic N) is 3. The third-order valence-corrected chi connectivity index (χ3v) is 6.20. The Balaban J connectivity index is 1.78. The van der Waals surface area contributed by atoms with Crippen LogP contribution in [0.1, 0.15) is 23.8 Å². The molecule has 1 unspecified atom stereocenters. The molecule has 1 amide bonds. The van der Waals surface area contributed by atoms with Crippen molar-refractivity contribution >= 4 is 27.4 Å². The molecule has 8 nitrogen and oxygen atoms in total. The van der Waals surface area contributed by atoms with Gasteiger partial charge in [0.1, 0.15) is 11.4 Å². The van der Waals surface area contributed by atoms with Gasteiger partial charge in [0, 0.05) is 30.5 Å². The van der Waals surface area contributed by atoms with E-state index in [1.807, 2.05) is 11.8 Å². The SMILES string of the molecule is CCN(c1nccc(C(=O)Nc2cccc(OC)c2)n1)C1CCS(=O)(=O)C1. The Morgan fingerprint density at radius 2 is 2.19 bits per heavy atom. The van der Waals surface area contributed by atoms with Crippen LogP contribution in [0, 0.1) is 0 Å². The van der Waals surface area contributed by atoms with Gasteiger partial charge in [-0.15, -0.1) is 0 Å². The Bertz CT molecular complexity index is 932. The Kier molecular flexibility index (Phi) is 5.59. The molecule has 0 bridgehead atoms. The van der Waals surface area contributed by atoms with Crippen LogP contribution < -0.4 is 15.0 Å². The summed E-state index contributed by atoms with van der Waals surface area (Å²) in [6, 6.07) is 8.38. The average Bonchev–Trinajstić information content (AvgIpc) is 3.02. The van der Waals surface area contributed by atoms with Gasteiger partial charge in [-0.2, -0.15) is 0 Å². The molecule has 27 heavy (non-hydrogen) atoms. The van der Waals surface area contributed by atoms with Crippen molar-refractivity contribution in [3.8, 4) is 5.75 Å². The summed E-state index contributed by atoms with van der Waals surface area (Å²) >= 11 is 0. The number of carbonyl (C=O) groups excluding carboxylic acids is 1. The molecular weight excluding hydrogens is 368 g/mol. The molecule has 2 aromatic rings. The smallest absolute Gasteiger partial charge is 0.274 e. The molecule has 1 aromatic heterocycles. The van der Waals surface area contributed by atoms with Crippen molar-refractivity contribution in [3.05, 3.63) is 42.2 Å². The number of carbonyl (C=O) groups is 1. The number of anilines is 2. The van der Waals surface area contributed by atoms with Crippen LogP contribution in [0.4, 0.5) is 11.6 Å². The van der Waals surface area contributed by atoms with E-state index in [4.69, 9.17) is 4.74 Å². The summed E-state index contributed by atoms with van der Waals surface area (Å²) in [5.74, 6) is 0.880. The molecule has 3 rings (SSSR count). The molecule has 0 spiro atoms. The normalized spacial score (nSPS) is 18.1. The third-order valence-electron chi connectivity index (χ3n) is 4.45. The Morgan fingerprint density at radius 1 is 1.37 bits per heavy atom. The fourth-order valence-corrected chi connectivity index (χ4v) is 4.82. The van der Waals surface area contributed by atoms with Gasteiger partial charge in [0.25, 0.3) is 5.91 Å². The van der Waals surface area contributed by atoms with E-state index in [1.54, 1.807) is 31.4 Å². The number of aromatic nitrogens is 2. The zero-order valence-corrected chi connectivity index (χ0v) is 16.1. The van der Waals surface area contributed by atoms with Gasteiger partial charge in [-0.3, -0.25) is 4.79 Å². The van der Waals surface area contributed by atoms with E-state index < -0.39 is 9.84 Å². The molecule has 0 aliphatic carbocycles. The van der Waals surface area contributed by atoms with Gasteiger partial charge in [-0.25, -0.2) is 18.4 Å². The second-order valence-electron chi connectivity index (χ2n) is 6.27. The lowest BCUT2D eigenvalue weighted by Gasteiger charge is -2.26. The van der Waals surface area contributed by atoms with Crippen molar-refractivity contribution in [2.24, 2.45) is 0 Å². The minimum atomic E-state index is -3.02. The van der Waals surface area contributed by atoms with E-state index in [9.17, 15) is 13.2 Å². The van der Waals surface area contributed by atoms with Gasteiger partial charge < -0.3 is 15.0 Å². The molecular formula is C18H22N4O4S. The molecule has 1 saturated heterocycles. The summed E-state index contributed by atoms with van der Waals surface area (Å²) in [5, 5.41) is 2.78. The summed E-state index contributed by atoms with van der Waals surface area (Å²) in [5.41, 5.74) is 0.802. The molecule has 1 aliphatic heterocycles. The standard InChI is InChI=1S/C18H22N4O4S/c1-3-22(14-8-10-27(24,25)12-14)18-19-9-7-16(21-18)17(23)20-13-5-4-6-15(11-13)26-2/h4-7,9,11,14H,3,8,10,12H2,1-2H3,(H,20,23). The summed E-state index contributed by atoms with van der Waals surface area (Å²) in [4.78, 5) is 23.0. The molecule has 1 fully saturated rings. The van der Waals surface area contributed by atoms with Gasteiger partial charge in [-0.1, -0.05) is 6.07 Å². The monoisotopic (exact) mass is 390 g/mol. The number of hydrogen-bond acceptors (Lipinski definition) is 7. The molecule has 0 radical (unpaired) electrons. The summed E-state index contributed by atoms with van der Waals surface area (Å²) in [6.07, 6.45) is 2.05. The highest BCUT2D eigenvalue weighted by molar-refractivity contribution is 7.91. The molecule has 1 N–H and O–H groups in total. The predicted molar refractivity (Wildman–Crippen MR) is 103 cm³/mol. The van der Waals surface area contributed by atoms with E-state index in [1.165, 1.54) is 12.3 Å². The fraction of sp³-hybridized carbons (Fsp3) is 0.389. The van der Waals surface area contributed by atoms with Crippen LogP contribution >= 0.6 is 0 Å². The lowest BCUT2D eigenvalue weighted by molar-refractivity contribution is 0.102. The molecule has 1 aliphatic rings. The number of nitrogens with one attached hydrogen (secondary N) is 1. The van der Waals surface area contributed by atoms with Crippen LogP contribution in [-0.2, 0) is 9.84 Å². The highest BCUT2D eigenvalue weighted by Crippen LogP contribution is 2.22. The first-order valence-electron chi connectivity index (χ1n) is 8.67. The fourth-order valence-electron chi connectivity index (χ4n) is 3.09. The van der Waals surface area contributed by atoms with Gasteiger partial charge >= 0.3 is 0 Å². The van der Waals surface area contributed by atoms with E-state index in [2.05, 4.69) is 15.3 Å². The predicted octanol–water partition coefficient (Wildman–Crippen LogP) is 1.75. The number of ether oxygens (including phenoxy) is 1. The van der Waals surface area contributed by atoms with Crippen molar-refractivity contribution < 1.29 is 17.9 Å². The van der Waals surface area contributed by atoms with Crippen LogP contribution in [-0.4, -0.2) is 55.5 Å². The first-order valence-corrected chi connectivity index (χ1v) is 10.5. The largest absolute Gasteiger partial charge is 0.497 e. The van der Waals surface area contributed by atoms with Crippen LogP contribution in [0.2, 0.25) is 0 Å². The number of methoxy groups -OCH3 is 1. The molecule has 2 heterocycles. The molecule has 9 heteroatoms. The van der Waals surface area contributed by atoms with E-state index in [0.717, 1.165) is 0 Å². The minimum absolute atomic E-state index is 0.0877. The first-order chi connectivity index (χ1) is 12.9. The number of benzene rings is 1. The molecule has 1 atom stereocenters. The number of sulfone groups is 1. The van der Waals surface area contributed by atoms with Crippen LogP contribution in [0.5, 0.6) is 5.75 Å². The number of rotatable bonds is 6. The molecule has 144 valence electrons. The third kappa shape index (κ3) is 4.54. The van der Waals surface area contributed by atoms with Gasteiger partial charge in [-0.05, 0) is 31.5 Å². The molecule has 0 saturated carbocycles. The highest BCUT2D eigenvalue weighted by atomic mass is 32.2. The van der Waals surface area contributed by atoms with Gasteiger partial charge in [0.15, 0.2) is 9.84 Å². The second kappa shape index (κ2) is 7.91.